The summed E-state index contributed by atoms with van der Waals surface area (Å²) >= 11 is 6.29. The molecule has 256 valence electrons. The molecular weight excluding hydrogens is 697 g/mol. The molecule has 4 aromatic rings. The maximum Gasteiger partial charge on any atom is 0.340 e. The predicted molar refractivity (Wildman–Crippen MR) is 182 cm³/mol. The number of thiophene rings is 1. The Balaban J connectivity index is 0.964. The van der Waals surface area contributed by atoms with Crippen LogP contribution in [0.4, 0.5) is 5.69 Å². The summed E-state index contributed by atoms with van der Waals surface area (Å²) in [6, 6.07) is 15.7. The van der Waals surface area contributed by atoms with Crippen molar-refractivity contribution in [1.29, 1.82) is 0 Å². The Kier molecular flexibility index (Phi) is 9.73. The predicted octanol–water partition coefficient (Wildman–Crippen LogP) is 3.12. The number of esters is 1. The number of nitrogens with one attached hydrogen (secondary N) is 3. The molecule has 2 aliphatic heterocycles. The van der Waals surface area contributed by atoms with Crippen LogP contribution in [0.2, 0.25) is 0 Å². The molecule has 0 aliphatic carbocycles. The monoisotopic (exact) mass is 726 g/mol. The molecule has 0 bridgehead atoms. The summed E-state index contributed by atoms with van der Waals surface area (Å²) < 4.78 is 46.0. The molecule has 0 saturated carbocycles. The molecule has 0 unspecified atom stereocenters. The maximum absolute atomic E-state index is 13.3. The number of thiocarbonyl (C=S) groups is 1. The molecule has 0 fully saturated rings. The summed E-state index contributed by atoms with van der Waals surface area (Å²) in [5, 5.41) is 35.8. The summed E-state index contributed by atoms with van der Waals surface area (Å²) in [6.07, 6.45) is 0. The smallest absolute Gasteiger partial charge is 0.340 e. The van der Waals surface area contributed by atoms with Crippen LogP contribution in [0.25, 0.3) is 0 Å². The topological polar surface area (TPSA) is 208 Å². The zero-order valence-electron chi connectivity index (χ0n) is 25.6. The van der Waals surface area contributed by atoms with Crippen LogP contribution in [0, 0.1) is 0 Å². The number of sulfonamides is 1. The highest BCUT2D eigenvalue weighted by Crippen LogP contribution is 2.57. The molecule has 3 heterocycles. The number of fused-ring (bicyclic) bond motifs is 6. The molecule has 0 atom stereocenters. The van der Waals surface area contributed by atoms with Gasteiger partial charge in [0.1, 0.15) is 27.2 Å². The molecule has 6 rings (SSSR count). The van der Waals surface area contributed by atoms with Crippen molar-refractivity contribution >= 4 is 56.3 Å². The van der Waals surface area contributed by atoms with Crippen molar-refractivity contribution in [2.24, 2.45) is 5.14 Å². The van der Waals surface area contributed by atoms with Crippen LogP contribution >= 0.6 is 23.6 Å². The third kappa shape index (κ3) is 7.03. The highest BCUT2D eigenvalue weighted by molar-refractivity contribution is 7.91. The van der Waals surface area contributed by atoms with Gasteiger partial charge in [0.25, 0.3) is 5.91 Å². The van der Waals surface area contributed by atoms with E-state index in [-0.39, 0.29) is 41.0 Å². The fourth-order valence-electron chi connectivity index (χ4n) is 5.53. The van der Waals surface area contributed by atoms with Crippen molar-refractivity contribution in [3.8, 4) is 23.0 Å². The van der Waals surface area contributed by atoms with Gasteiger partial charge in [-0.05, 0) is 60.1 Å². The van der Waals surface area contributed by atoms with Crippen molar-refractivity contribution in [1.82, 2.24) is 10.6 Å². The minimum Gasteiger partial charge on any atom is -0.508 e. The largest absolute Gasteiger partial charge is 0.508 e. The number of hydrogen-bond acceptors (Lipinski definition) is 12. The first-order valence-electron chi connectivity index (χ1n) is 14.8. The average Bonchev–Trinajstić information content (AvgIpc) is 3.66. The third-order valence-corrected chi connectivity index (χ3v) is 10.3. The summed E-state index contributed by atoms with van der Waals surface area (Å²) in [5.74, 6) is -0.583. The van der Waals surface area contributed by atoms with E-state index >= 15 is 0 Å². The van der Waals surface area contributed by atoms with Gasteiger partial charge >= 0.3 is 5.97 Å². The number of carbonyl (C=O) groups excluding carboxylic acids is 2. The molecular formula is C32H30N4O10S3. The maximum atomic E-state index is 13.3. The Morgan fingerprint density at radius 3 is 2.12 bits per heavy atom. The summed E-state index contributed by atoms with van der Waals surface area (Å²) in [5.41, 5.74) is 1.14. The van der Waals surface area contributed by atoms with Gasteiger partial charge in [-0.3, -0.25) is 4.79 Å². The second kappa shape index (κ2) is 14.0. The number of anilines is 1. The highest BCUT2D eigenvalue weighted by atomic mass is 32.2. The highest BCUT2D eigenvalue weighted by Gasteiger charge is 2.53. The first-order chi connectivity index (χ1) is 23.5. The van der Waals surface area contributed by atoms with E-state index in [0.29, 0.717) is 64.3 Å². The van der Waals surface area contributed by atoms with Crippen molar-refractivity contribution in [2.75, 3.05) is 44.8 Å². The number of phenols is 2. The second-order valence-electron chi connectivity index (χ2n) is 10.8. The van der Waals surface area contributed by atoms with Crippen molar-refractivity contribution in [3.05, 3.63) is 93.9 Å². The number of rotatable bonds is 12. The average molecular weight is 727 g/mol. The van der Waals surface area contributed by atoms with Crippen LogP contribution in [-0.2, 0) is 29.8 Å². The van der Waals surface area contributed by atoms with Crippen LogP contribution in [0.1, 0.15) is 37.4 Å². The SMILES string of the molecule is NS(=O)(=O)c1sccc1C(=O)NCCOCCOCCNC(=S)Nc1ccc2c(c1)C(=O)OC21c2ccc(O)cc2Oc2cc(O)ccc21. The van der Waals surface area contributed by atoms with E-state index in [2.05, 4.69) is 16.0 Å². The van der Waals surface area contributed by atoms with Gasteiger partial charge in [0.2, 0.25) is 10.0 Å². The number of carbonyl (C=O) groups is 2. The van der Waals surface area contributed by atoms with Gasteiger partial charge in [-0.25, -0.2) is 18.4 Å². The van der Waals surface area contributed by atoms with Crippen molar-refractivity contribution in [3.63, 3.8) is 0 Å². The molecule has 49 heavy (non-hydrogen) atoms. The Hall–Kier alpha value is -4.78. The molecule has 14 nitrogen and oxygen atoms in total. The van der Waals surface area contributed by atoms with E-state index in [1.165, 1.54) is 35.7 Å². The van der Waals surface area contributed by atoms with E-state index in [4.69, 9.17) is 36.3 Å². The van der Waals surface area contributed by atoms with Gasteiger partial charge in [0.15, 0.2) is 10.7 Å². The fourth-order valence-corrected chi connectivity index (χ4v) is 7.54. The van der Waals surface area contributed by atoms with Crippen molar-refractivity contribution < 1.29 is 47.2 Å². The second-order valence-corrected chi connectivity index (χ2v) is 13.9. The van der Waals surface area contributed by atoms with Crippen molar-refractivity contribution in [2.45, 2.75) is 9.81 Å². The molecule has 7 N–H and O–H groups in total. The van der Waals surface area contributed by atoms with E-state index < -0.39 is 27.5 Å². The lowest BCUT2D eigenvalue weighted by Crippen LogP contribution is -2.33. The number of nitrogens with two attached hydrogens (primary N) is 1. The lowest BCUT2D eigenvalue weighted by Gasteiger charge is -2.36. The molecule has 1 aromatic heterocycles. The van der Waals surface area contributed by atoms with Gasteiger partial charge in [0, 0.05) is 47.6 Å². The molecule has 0 radical (unpaired) electrons. The third-order valence-electron chi connectivity index (χ3n) is 7.60. The standard InChI is InChI=1S/C32H30N4O10S3/c33-49(41,42)30-21(7-14-48-30)28(39)34-8-10-43-12-13-44-11-9-35-31(47)36-18-1-4-23-22(15-18)29(40)46-32(23)24-5-2-19(37)16-26(24)45-27-17-20(38)3-6-25(27)32/h1-7,14-17,37-38H,8-13H2,(H,34,39)(H2,33,41,42)(H2,35,36,47). The van der Waals surface area contributed by atoms with Gasteiger partial charge in [-0.2, -0.15) is 0 Å². The Labute approximate surface area is 289 Å². The van der Waals surface area contributed by atoms with E-state index in [1.807, 2.05) is 0 Å². The van der Waals surface area contributed by atoms with Crippen LogP contribution in [-0.4, -0.2) is 75.1 Å². The zero-order chi connectivity index (χ0) is 34.8. The minimum atomic E-state index is -3.97. The molecule has 1 amide bonds. The Morgan fingerprint density at radius 1 is 0.878 bits per heavy atom. The first kappa shape index (κ1) is 34.1. The lowest BCUT2D eigenvalue weighted by molar-refractivity contribution is 0.0224. The number of phenolic OH excluding ortho intramolecular Hbond substituents is 2. The number of ether oxygens (including phenoxy) is 4. The van der Waals surface area contributed by atoms with E-state index in [1.54, 1.807) is 30.3 Å². The molecule has 17 heteroatoms. The Morgan fingerprint density at radius 2 is 1.49 bits per heavy atom. The van der Waals surface area contributed by atoms with Crippen LogP contribution in [0.3, 0.4) is 0 Å². The summed E-state index contributed by atoms with van der Waals surface area (Å²) in [6.45, 7) is 1.65. The molecule has 0 saturated heterocycles. The number of primary sulfonamides is 1. The number of amides is 1. The minimum absolute atomic E-state index is 0.000200. The van der Waals surface area contributed by atoms with E-state index in [9.17, 15) is 28.2 Å². The van der Waals surface area contributed by atoms with E-state index in [0.717, 1.165) is 11.3 Å². The van der Waals surface area contributed by atoms with Crippen LogP contribution in [0.15, 0.2) is 70.3 Å². The number of benzene rings is 3. The quantitative estimate of drug-likeness (QED) is 0.0706. The fraction of sp³-hybridized carbons (Fsp3) is 0.219. The summed E-state index contributed by atoms with van der Waals surface area (Å²) in [7, 11) is -3.97. The number of aromatic hydroxyl groups is 2. The normalized spacial score (nSPS) is 13.9. The molecule has 2 aliphatic rings. The van der Waals surface area contributed by atoms with Crippen LogP contribution in [0.5, 0.6) is 23.0 Å². The van der Waals surface area contributed by atoms with Gasteiger partial charge in [0.05, 0.1) is 37.6 Å². The number of hydrogen-bond donors (Lipinski definition) is 6. The first-order valence-corrected chi connectivity index (χ1v) is 17.6. The molecule has 1 spiro atoms. The lowest BCUT2D eigenvalue weighted by atomic mass is 9.77. The zero-order valence-corrected chi connectivity index (χ0v) is 28.0. The van der Waals surface area contributed by atoms with Gasteiger partial charge in [-0.15, -0.1) is 11.3 Å². The summed E-state index contributed by atoms with van der Waals surface area (Å²) in [4.78, 5) is 25.5. The van der Waals surface area contributed by atoms with Crippen LogP contribution < -0.4 is 25.8 Å². The Bertz CT molecular complexity index is 2000. The molecule has 3 aromatic carbocycles. The van der Waals surface area contributed by atoms with Gasteiger partial charge < -0.3 is 45.1 Å². The van der Waals surface area contributed by atoms with Gasteiger partial charge in [-0.1, -0.05) is 6.07 Å².